The van der Waals surface area contributed by atoms with Crippen molar-refractivity contribution in [3.8, 4) is 0 Å². The van der Waals surface area contributed by atoms with Crippen molar-refractivity contribution in [1.82, 2.24) is 19.5 Å². The predicted octanol–water partition coefficient (Wildman–Crippen LogP) is 1.26. The molecule has 1 aromatic rings. The maximum Gasteiger partial charge on any atom is 0.317 e. The topological polar surface area (TPSA) is 82.6 Å². The Bertz CT molecular complexity index is 636. The zero-order valence-corrected chi connectivity index (χ0v) is 15.4. The number of urea groups is 1. The Morgan fingerprint density at radius 3 is 2.65 bits per heavy atom. The van der Waals surface area contributed by atoms with Crippen LogP contribution in [0.15, 0.2) is 5.51 Å². The molecule has 130 valence electrons. The number of aromatic nitrogens is 1. The van der Waals surface area contributed by atoms with Gasteiger partial charge in [-0.1, -0.05) is 0 Å². The third-order valence-electron chi connectivity index (χ3n) is 4.16. The van der Waals surface area contributed by atoms with Crippen LogP contribution in [0.4, 0.5) is 4.79 Å². The standard InChI is InChI=1S/C14H24N4O3S2/c1-11-13(22-10-16-11)9-17(2)14(19)15-8-12-4-6-18(7-5-12)23(3,20)21/h10,12H,4-9H2,1-3H3,(H,15,19). The third kappa shape index (κ3) is 5.15. The van der Waals surface area contributed by atoms with Gasteiger partial charge in [0.05, 0.1) is 24.0 Å². The molecule has 0 unspecified atom stereocenters. The van der Waals surface area contributed by atoms with Gasteiger partial charge in [-0.15, -0.1) is 11.3 Å². The lowest BCUT2D eigenvalue weighted by atomic mass is 9.98. The normalized spacial score (nSPS) is 17.2. The minimum absolute atomic E-state index is 0.108. The Balaban J connectivity index is 1.74. The van der Waals surface area contributed by atoms with Crippen LogP contribution in [0, 0.1) is 12.8 Å². The van der Waals surface area contributed by atoms with E-state index in [0.717, 1.165) is 23.4 Å². The lowest BCUT2D eigenvalue weighted by Crippen LogP contribution is -2.43. The molecule has 9 heteroatoms. The minimum atomic E-state index is -3.09. The summed E-state index contributed by atoms with van der Waals surface area (Å²) in [5.41, 5.74) is 2.74. The van der Waals surface area contributed by atoms with Gasteiger partial charge in [-0.3, -0.25) is 0 Å². The number of hydrogen-bond acceptors (Lipinski definition) is 5. The number of aryl methyl sites for hydroxylation is 1. The van der Waals surface area contributed by atoms with Crippen molar-refractivity contribution in [1.29, 1.82) is 0 Å². The molecule has 0 aromatic carbocycles. The van der Waals surface area contributed by atoms with E-state index in [-0.39, 0.29) is 6.03 Å². The van der Waals surface area contributed by atoms with Gasteiger partial charge in [0.25, 0.3) is 0 Å². The van der Waals surface area contributed by atoms with Gasteiger partial charge in [0.1, 0.15) is 0 Å². The average Bonchev–Trinajstić information content (AvgIpc) is 2.89. The van der Waals surface area contributed by atoms with Crippen LogP contribution >= 0.6 is 11.3 Å². The molecule has 2 heterocycles. The molecule has 1 aromatic heterocycles. The molecule has 0 bridgehead atoms. The minimum Gasteiger partial charge on any atom is -0.338 e. The molecule has 0 aliphatic carbocycles. The van der Waals surface area contributed by atoms with Gasteiger partial charge in [0, 0.05) is 31.6 Å². The Morgan fingerprint density at radius 1 is 1.48 bits per heavy atom. The highest BCUT2D eigenvalue weighted by Gasteiger charge is 2.25. The summed E-state index contributed by atoms with van der Waals surface area (Å²) in [5, 5.41) is 2.94. The molecule has 1 aliphatic heterocycles. The van der Waals surface area contributed by atoms with E-state index in [1.165, 1.54) is 10.6 Å². The van der Waals surface area contributed by atoms with Crippen molar-refractivity contribution in [3.05, 3.63) is 16.1 Å². The molecule has 23 heavy (non-hydrogen) atoms. The molecule has 0 atom stereocenters. The molecular formula is C14H24N4O3S2. The van der Waals surface area contributed by atoms with Gasteiger partial charge in [-0.05, 0) is 25.7 Å². The first-order chi connectivity index (χ1) is 10.8. The van der Waals surface area contributed by atoms with Crippen molar-refractivity contribution in [2.75, 3.05) is 32.9 Å². The maximum absolute atomic E-state index is 12.1. The summed E-state index contributed by atoms with van der Waals surface area (Å²) < 4.78 is 24.4. The van der Waals surface area contributed by atoms with Crippen molar-refractivity contribution in [2.45, 2.75) is 26.3 Å². The Hall–Kier alpha value is -1.19. The van der Waals surface area contributed by atoms with Crippen LogP contribution in [-0.2, 0) is 16.6 Å². The van der Waals surface area contributed by atoms with E-state index in [0.29, 0.717) is 32.1 Å². The SMILES string of the molecule is Cc1ncsc1CN(C)C(=O)NCC1CCN(S(C)(=O)=O)CC1. The molecule has 0 saturated carbocycles. The Kier molecular flexibility index (Phi) is 5.99. The second kappa shape index (κ2) is 7.59. The second-order valence-corrected chi connectivity index (χ2v) is 8.93. The summed E-state index contributed by atoms with van der Waals surface area (Å²) >= 11 is 1.55. The van der Waals surface area contributed by atoms with Crippen molar-refractivity contribution in [3.63, 3.8) is 0 Å². The molecule has 2 rings (SSSR count). The van der Waals surface area contributed by atoms with Gasteiger partial charge in [0.15, 0.2) is 0 Å². The first-order valence-electron chi connectivity index (χ1n) is 7.60. The molecule has 1 aliphatic rings. The van der Waals surface area contributed by atoms with Crippen molar-refractivity contribution >= 4 is 27.4 Å². The van der Waals surface area contributed by atoms with E-state index in [2.05, 4.69) is 10.3 Å². The summed E-state index contributed by atoms with van der Waals surface area (Å²) in [6.45, 7) is 4.15. The van der Waals surface area contributed by atoms with Crippen LogP contribution in [0.5, 0.6) is 0 Å². The quantitative estimate of drug-likeness (QED) is 0.857. The molecule has 0 radical (unpaired) electrons. The van der Waals surface area contributed by atoms with Crippen molar-refractivity contribution < 1.29 is 13.2 Å². The monoisotopic (exact) mass is 360 g/mol. The lowest BCUT2D eigenvalue weighted by Gasteiger charge is -2.30. The summed E-state index contributed by atoms with van der Waals surface area (Å²) in [4.78, 5) is 19.1. The van der Waals surface area contributed by atoms with E-state index in [9.17, 15) is 13.2 Å². The number of nitrogens with zero attached hydrogens (tertiary/aromatic N) is 3. The molecule has 7 nitrogen and oxygen atoms in total. The Morgan fingerprint density at radius 2 is 2.13 bits per heavy atom. The number of hydrogen-bond donors (Lipinski definition) is 1. The number of piperidine rings is 1. The van der Waals surface area contributed by atoms with E-state index < -0.39 is 10.0 Å². The van der Waals surface area contributed by atoms with E-state index in [1.54, 1.807) is 28.8 Å². The number of carbonyl (C=O) groups excluding carboxylic acids is 1. The first-order valence-corrected chi connectivity index (χ1v) is 10.3. The first kappa shape index (κ1) is 18.2. The zero-order valence-electron chi connectivity index (χ0n) is 13.8. The molecule has 2 amide bonds. The molecule has 0 spiro atoms. The number of amides is 2. The summed E-state index contributed by atoms with van der Waals surface area (Å²) in [6.07, 6.45) is 2.81. The molecule has 1 fully saturated rings. The highest BCUT2D eigenvalue weighted by Crippen LogP contribution is 2.18. The van der Waals surface area contributed by atoms with Crippen LogP contribution in [-0.4, -0.2) is 61.6 Å². The van der Waals surface area contributed by atoms with E-state index >= 15 is 0 Å². The number of sulfonamides is 1. The van der Waals surface area contributed by atoms with Gasteiger partial charge >= 0.3 is 6.03 Å². The fraction of sp³-hybridized carbons (Fsp3) is 0.714. The van der Waals surface area contributed by atoms with Crippen LogP contribution in [0.2, 0.25) is 0 Å². The predicted molar refractivity (Wildman–Crippen MR) is 90.9 cm³/mol. The summed E-state index contributed by atoms with van der Waals surface area (Å²) in [5.74, 6) is 0.329. The summed E-state index contributed by atoms with van der Waals surface area (Å²) in [6, 6.07) is -0.108. The number of thiazole rings is 1. The fourth-order valence-electron chi connectivity index (χ4n) is 2.58. The lowest BCUT2D eigenvalue weighted by molar-refractivity contribution is 0.200. The highest BCUT2D eigenvalue weighted by molar-refractivity contribution is 7.88. The van der Waals surface area contributed by atoms with Gasteiger partial charge in [0.2, 0.25) is 10.0 Å². The number of carbonyl (C=O) groups is 1. The molecule has 1 saturated heterocycles. The average molecular weight is 361 g/mol. The number of rotatable bonds is 5. The maximum atomic E-state index is 12.1. The molecular weight excluding hydrogens is 336 g/mol. The van der Waals surface area contributed by atoms with Gasteiger partial charge < -0.3 is 10.2 Å². The Labute approximate surface area is 141 Å². The third-order valence-corrected chi connectivity index (χ3v) is 6.38. The smallest absolute Gasteiger partial charge is 0.317 e. The van der Waals surface area contributed by atoms with Crippen LogP contribution in [0.1, 0.15) is 23.4 Å². The largest absolute Gasteiger partial charge is 0.338 e. The summed E-state index contributed by atoms with van der Waals surface area (Å²) in [7, 11) is -1.33. The second-order valence-electron chi connectivity index (χ2n) is 6.01. The van der Waals surface area contributed by atoms with Crippen LogP contribution in [0.25, 0.3) is 0 Å². The van der Waals surface area contributed by atoms with E-state index in [1.807, 2.05) is 6.92 Å². The number of nitrogens with one attached hydrogen (secondary N) is 1. The van der Waals surface area contributed by atoms with E-state index in [4.69, 9.17) is 0 Å². The highest BCUT2D eigenvalue weighted by atomic mass is 32.2. The van der Waals surface area contributed by atoms with Gasteiger partial charge in [-0.2, -0.15) is 0 Å². The van der Waals surface area contributed by atoms with Crippen LogP contribution < -0.4 is 5.32 Å². The zero-order chi connectivity index (χ0) is 17.0. The van der Waals surface area contributed by atoms with Gasteiger partial charge in [-0.25, -0.2) is 22.5 Å². The molecule has 1 N–H and O–H groups in total. The van der Waals surface area contributed by atoms with Crippen LogP contribution in [0.3, 0.4) is 0 Å². The fourth-order valence-corrected chi connectivity index (χ4v) is 4.28. The van der Waals surface area contributed by atoms with Crippen molar-refractivity contribution in [2.24, 2.45) is 5.92 Å².